The van der Waals surface area contributed by atoms with E-state index in [1.54, 1.807) is 18.5 Å². The van der Waals surface area contributed by atoms with Gasteiger partial charge in [-0.25, -0.2) is 0 Å². The van der Waals surface area contributed by atoms with Gasteiger partial charge in [0.1, 0.15) is 11.5 Å². The van der Waals surface area contributed by atoms with Gasteiger partial charge in [0.15, 0.2) is 0 Å². The lowest BCUT2D eigenvalue weighted by atomic mass is 10.1. The third-order valence-electron chi connectivity index (χ3n) is 2.47. The number of nitrogens with two attached hydrogens (primary N) is 1. The molecule has 0 fully saturated rings. The molecule has 0 saturated carbocycles. The number of benzene rings is 1. The Kier molecular flexibility index (Phi) is 4.80. The van der Waals surface area contributed by atoms with Crippen LogP contribution in [0.25, 0.3) is 0 Å². The van der Waals surface area contributed by atoms with Gasteiger partial charge >= 0.3 is 0 Å². The van der Waals surface area contributed by atoms with Crippen LogP contribution < -0.4 is 10.5 Å². The van der Waals surface area contributed by atoms with Crippen LogP contribution in [-0.2, 0) is 6.42 Å². The van der Waals surface area contributed by atoms with Crippen LogP contribution in [0.3, 0.4) is 0 Å². The number of aromatic nitrogens is 1. The molecule has 5 heteroatoms. The van der Waals surface area contributed by atoms with Gasteiger partial charge < -0.3 is 10.5 Å². The molecule has 1 aromatic carbocycles. The van der Waals surface area contributed by atoms with Gasteiger partial charge in [-0.15, -0.1) is 0 Å². The third-order valence-corrected chi connectivity index (χ3v) is 3.17. The number of nitrogens with zero attached hydrogens (tertiary/aromatic N) is 1. The fourth-order valence-corrected chi connectivity index (χ4v) is 2.30. The first-order chi connectivity index (χ1) is 9.04. The van der Waals surface area contributed by atoms with Crippen molar-refractivity contribution in [1.82, 2.24) is 4.98 Å². The summed E-state index contributed by atoms with van der Waals surface area (Å²) in [5.41, 5.74) is 6.90. The molecular formula is C14H14BrClN2O. The molecule has 0 saturated heterocycles. The second kappa shape index (κ2) is 6.37. The summed E-state index contributed by atoms with van der Waals surface area (Å²) < 4.78 is 6.82. The maximum atomic E-state index is 5.89. The van der Waals surface area contributed by atoms with Crippen molar-refractivity contribution in [3.63, 3.8) is 0 Å². The standard InChI is InChI=1S/C14H14BrClN2O/c1-9(17)4-10-5-11(15)2-3-14(10)19-13-6-12(16)7-18-8-13/h2-3,5-9H,4,17H2,1H3. The van der Waals surface area contributed by atoms with E-state index >= 15 is 0 Å². The molecule has 0 aliphatic carbocycles. The first-order valence-electron chi connectivity index (χ1n) is 5.87. The predicted octanol–water partition coefficient (Wildman–Crippen LogP) is 4.18. The second-order valence-electron chi connectivity index (χ2n) is 4.37. The number of hydrogen-bond donors (Lipinski definition) is 1. The minimum atomic E-state index is 0.0640. The minimum Gasteiger partial charge on any atom is -0.455 e. The van der Waals surface area contributed by atoms with E-state index in [2.05, 4.69) is 20.9 Å². The summed E-state index contributed by atoms with van der Waals surface area (Å²) in [5, 5.41) is 0.545. The Morgan fingerprint density at radius 1 is 1.37 bits per heavy atom. The maximum absolute atomic E-state index is 5.89. The molecule has 100 valence electrons. The van der Waals surface area contributed by atoms with E-state index in [4.69, 9.17) is 22.1 Å². The SMILES string of the molecule is CC(N)Cc1cc(Br)ccc1Oc1cncc(Cl)c1. The highest BCUT2D eigenvalue weighted by molar-refractivity contribution is 9.10. The van der Waals surface area contributed by atoms with E-state index in [1.807, 2.05) is 25.1 Å². The smallest absolute Gasteiger partial charge is 0.147 e. The molecule has 2 rings (SSSR count). The fraction of sp³-hybridized carbons (Fsp3) is 0.214. The van der Waals surface area contributed by atoms with Crippen LogP contribution >= 0.6 is 27.5 Å². The molecule has 1 unspecified atom stereocenters. The monoisotopic (exact) mass is 340 g/mol. The molecule has 0 aliphatic heterocycles. The molecule has 2 aromatic rings. The van der Waals surface area contributed by atoms with Gasteiger partial charge in [0.05, 0.1) is 11.2 Å². The van der Waals surface area contributed by atoms with Crippen molar-refractivity contribution < 1.29 is 4.74 Å². The summed E-state index contributed by atoms with van der Waals surface area (Å²) in [6.45, 7) is 1.96. The Morgan fingerprint density at radius 3 is 2.84 bits per heavy atom. The molecule has 0 amide bonds. The Hall–Kier alpha value is -1.10. The van der Waals surface area contributed by atoms with Crippen LogP contribution in [-0.4, -0.2) is 11.0 Å². The molecular weight excluding hydrogens is 328 g/mol. The average Bonchev–Trinajstić information content (AvgIpc) is 2.32. The minimum absolute atomic E-state index is 0.0640. The molecule has 2 N–H and O–H groups in total. The molecule has 0 aliphatic rings. The van der Waals surface area contributed by atoms with E-state index in [0.29, 0.717) is 10.8 Å². The van der Waals surface area contributed by atoms with E-state index in [-0.39, 0.29) is 6.04 Å². The number of halogens is 2. The third kappa shape index (κ3) is 4.20. The van der Waals surface area contributed by atoms with Crippen molar-refractivity contribution in [1.29, 1.82) is 0 Å². The largest absolute Gasteiger partial charge is 0.455 e. The first-order valence-corrected chi connectivity index (χ1v) is 7.04. The second-order valence-corrected chi connectivity index (χ2v) is 5.73. The van der Waals surface area contributed by atoms with Gasteiger partial charge in [0.2, 0.25) is 0 Å². The molecule has 1 atom stereocenters. The van der Waals surface area contributed by atoms with Gasteiger partial charge in [0.25, 0.3) is 0 Å². The maximum Gasteiger partial charge on any atom is 0.147 e. The van der Waals surface area contributed by atoms with Crippen molar-refractivity contribution >= 4 is 27.5 Å². The normalized spacial score (nSPS) is 12.2. The molecule has 0 spiro atoms. The van der Waals surface area contributed by atoms with Crippen LogP contribution in [0.4, 0.5) is 0 Å². The van der Waals surface area contributed by atoms with E-state index in [1.165, 1.54) is 0 Å². The van der Waals surface area contributed by atoms with E-state index in [9.17, 15) is 0 Å². The zero-order valence-corrected chi connectivity index (χ0v) is 12.8. The van der Waals surface area contributed by atoms with Crippen LogP contribution in [0.1, 0.15) is 12.5 Å². The summed E-state index contributed by atoms with van der Waals surface area (Å²) in [7, 11) is 0. The predicted molar refractivity (Wildman–Crippen MR) is 80.8 cm³/mol. The molecule has 0 bridgehead atoms. The van der Waals surface area contributed by atoms with Crippen molar-refractivity contribution in [2.75, 3.05) is 0 Å². The summed E-state index contributed by atoms with van der Waals surface area (Å²) in [6, 6.07) is 7.64. The van der Waals surface area contributed by atoms with Crippen LogP contribution in [0.2, 0.25) is 5.02 Å². The zero-order valence-electron chi connectivity index (χ0n) is 10.4. The zero-order chi connectivity index (χ0) is 13.8. The van der Waals surface area contributed by atoms with Gasteiger partial charge in [-0.2, -0.15) is 0 Å². The van der Waals surface area contributed by atoms with Crippen molar-refractivity contribution in [2.45, 2.75) is 19.4 Å². The Bertz CT molecular complexity index is 575. The molecule has 1 aromatic heterocycles. The van der Waals surface area contributed by atoms with Crippen LogP contribution in [0, 0.1) is 0 Å². The summed E-state index contributed by atoms with van der Waals surface area (Å²) in [5.74, 6) is 1.38. The van der Waals surface area contributed by atoms with E-state index < -0.39 is 0 Å². The first kappa shape index (κ1) is 14.3. The lowest BCUT2D eigenvalue weighted by Gasteiger charge is -2.13. The van der Waals surface area contributed by atoms with Gasteiger partial charge in [-0.05, 0) is 37.1 Å². The average molecular weight is 342 g/mol. The lowest BCUT2D eigenvalue weighted by Crippen LogP contribution is -2.18. The Morgan fingerprint density at radius 2 is 2.16 bits per heavy atom. The summed E-state index contributed by atoms with van der Waals surface area (Å²) >= 11 is 9.34. The lowest BCUT2D eigenvalue weighted by molar-refractivity contribution is 0.471. The van der Waals surface area contributed by atoms with Gasteiger partial charge in [-0.1, -0.05) is 27.5 Å². The Balaban J connectivity index is 2.28. The number of ether oxygens (including phenoxy) is 1. The van der Waals surface area contributed by atoms with E-state index in [0.717, 1.165) is 22.2 Å². The molecule has 19 heavy (non-hydrogen) atoms. The molecule has 1 heterocycles. The van der Waals surface area contributed by atoms with Crippen molar-refractivity contribution in [2.24, 2.45) is 5.73 Å². The number of pyridine rings is 1. The molecule has 0 radical (unpaired) electrons. The highest BCUT2D eigenvalue weighted by Crippen LogP contribution is 2.29. The Labute approximate surface area is 125 Å². The van der Waals surface area contributed by atoms with Crippen LogP contribution in [0.5, 0.6) is 11.5 Å². The van der Waals surface area contributed by atoms with Gasteiger partial charge in [0, 0.05) is 22.8 Å². The van der Waals surface area contributed by atoms with Crippen LogP contribution in [0.15, 0.2) is 41.1 Å². The topological polar surface area (TPSA) is 48.1 Å². The number of hydrogen-bond acceptors (Lipinski definition) is 3. The highest BCUT2D eigenvalue weighted by atomic mass is 79.9. The number of rotatable bonds is 4. The highest BCUT2D eigenvalue weighted by Gasteiger charge is 2.08. The quantitative estimate of drug-likeness (QED) is 0.907. The fourth-order valence-electron chi connectivity index (χ4n) is 1.73. The summed E-state index contributed by atoms with van der Waals surface area (Å²) in [4.78, 5) is 4.00. The van der Waals surface area contributed by atoms with Crippen molar-refractivity contribution in [3.05, 3.63) is 51.7 Å². The van der Waals surface area contributed by atoms with Gasteiger partial charge in [-0.3, -0.25) is 4.98 Å². The summed E-state index contributed by atoms with van der Waals surface area (Å²) in [6.07, 6.45) is 3.94. The van der Waals surface area contributed by atoms with Crippen molar-refractivity contribution in [3.8, 4) is 11.5 Å². The molecule has 3 nitrogen and oxygen atoms in total.